The summed E-state index contributed by atoms with van der Waals surface area (Å²) in [6.45, 7) is 0.156. The van der Waals surface area contributed by atoms with Gasteiger partial charge in [-0.3, -0.25) is 4.79 Å². The van der Waals surface area contributed by atoms with Gasteiger partial charge in [-0.2, -0.15) is 5.26 Å². The van der Waals surface area contributed by atoms with E-state index in [1.165, 1.54) is 0 Å². The minimum Gasteiger partial charge on any atom is -0.489 e. The molecule has 0 amide bonds. The number of rotatable bonds is 0. The zero-order chi connectivity index (χ0) is 8.55. The molecule has 62 valence electrons. The van der Waals surface area contributed by atoms with E-state index < -0.39 is 0 Å². The lowest BCUT2D eigenvalue weighted by molar-refractivity contribution is -0.116. The predicted molar refractivity (Wildman–Crippen MR) is 40.9 cm³/mol. The quantitative estimate of drug-likeness (QED) is 0.538. The molecule has 0 aromatic rings. The Kier molecular flexibility index (Phi) is 1.61. The van der Waals surface area contributed by atoms with Gasteiger partial charge in [0.2, 0.25) is 5.78 Å². The Morgan fingerprint density at radius 2 is 2.42 bits per heavy atom. The van der Waals surface area contributed by atoms with Gasteiger partial charge < -0.3 is 4.74 Å². The van der Waals surface area contributed by atoms with E-state index in [9.17, 15) is 4.79 Å². The summed E-state index contributed by atoms with van der Waals surface area (Å²) in [4.78, 5) is 11.2. The number of hydrogen-bond acceptors (Lipinski definition) is 3. The van der Waals surface area contributed by atoms with E-state index in [4.69, 9.17) is 10.00 Å². The molecule has 0 spiro atoms. The molecule has 1 atom stereocenters. The lowest BCUT2D eigenvalue weighted by Crippen LogP contribution is -2.13. The van der Waals surface area contributed by atoms with Crippen molar-refractivity contribution in [3.05, 3.63) is 11.3 Å². The number of allylic oxidation sites excluding steroid dienone is 1. The third kappa shape index (κ3) is 0.918. The predicted octanol–water partition coefficient (Wildman–Crippen LogP) is 1.16. The number of nitriles is 1. The van der Waals surface area contributed by atoms with Gasteiger partial charge in [0.1, 0.15) is 5.76 Å². The minimum atomic E-state index is -0.205. The van der Waals surface area contributed by atoms with Gasteiger partial charge in [0.05, 0.1) is 17.6 Å². The first-order valence-electron chi connectivity index (χ1n) is 4.11. The summed E-state index contributed by atoms with van der Waals surface area (Å²) in [6, 6.07) is 2.15. The Hall–Kier alpha value is -1.30. The van der Waals surface area contributed by atoms with E-state index in [0.29, 0.717) is 5.57 Å². The van der Waals surface area contributed by atoms with E-state index in [-0.39, 0.29) is 18.3 Å². The highest BCUT2D eigenvalue weighted by Crippen LogP contribution is 2.34. The summed E-state index contributed by atoms with van der Waals surface area (Å²) in [5.74, 6) is 0.581. The molecule has 1 aliphatic heterocycles. The van der Waals surface area contributed by atoms with Crippen LogP contribution in [0.1, 0.15) is 19.3 Å². The van der Waals surface area contributed by atoms with Crippen LogP contribution < -0.4 is 0 Å². The highest BCUT2D eigenvalue weighted by molar-refractivity contribution is 5.99. The average molecular weight is 163 g/mol. The third-order valence-corrected chi connectivity index (χ3v) is 2.38. The zero-order valence-electron chi connectivity index (χ0n) is 6.67. The molecule has 2 rings (SSSR count). The smallest absolute Gasteiger partial charge is 0.200 e. The lowest BCUT2D eigenvalue weighted by Gasteiger charge is -2.15. The normalized spacial score (nSPS) is 27.9. The maximum Gasteiger partial charge on any atom is 0.200 e. The van der Waals surface area contributed by atoms with E-state index in [0.717, 1.165) is 25.0 Å². The molecular formula is C9H9NO2. The third-order valence-electron chi connectivity index (χ3n) is 2.38. The topological polar surface area (TPSA) is 50.1 Å². The fraction of sp³-hybridized carbons (Fsp3) is 0.556. The first kappa shape index (κ1) is 7.35. The van der Waals surface area contributed by atoms with Crippen LogP contribution in [0, 0.1) is 17.2 Å². The summed E-state index contributed by atoms with van der Waals surface area (Å²) in [6.07, 6.45) is 2.61. The van der Waals surface area contributed by atoms with Gasteiger partial charge >= 0.3 is 0 Å². The maximum atomic E-state index is 11.2. The number of carbonyl (C=O) groups is 1. The van der Waals surface area contributed by atoms with Crippen molar-refractivity contribution in [3.8, 4) is 6.07 Å². The van der Waals surface area contributed by atoms with E-state index >= 15 is 0 Å². The fourth-order valence-corrected chi connectivity index (χ4v) is 1.80. The van der Waals surface area contributed by atoms with Crippen LogP contribution in [0.4, 0.5) is 0 Å². The molecule has 3 heteroatoms. The van der Waals surface area contributed by atoms with Gasteiger partial charge in [-0.15, -0.1) is 0 Å². The monoisotopic (exact) mass is 163 g/mol. The molecule has 1 unspecified atom stereocenters. The first-order valence-corrected chi connectivity index (χ1v) is 4.11. The van der Waals surface area contributed by atoms with Crippen LogP contribution in [0.5, 0.6) is 0 Å². The van der Waals surface area contributed by atoms with Gasteiger partial charge in [0.15, 0.2) is 6.61 Å². The van der Waals surface area contributed by atoms with Crippen molar-refractivity contribution in [1.29, 1.82) is 5.26 Å². The molecule has 0 aromatic carbocycles. The summed E-state index contributed by atoms with van der Waals surface area (Å²) in [5, 5.41) is 8.76. The molecule has 0 fully saturated rings. The number of ketones is 1. The molecule has 1 aliphatic carbocycles. The highest BCUT2D eigenvalue weighted by atomic mass is 16.5. The molecule has 0 saturated heterocycles. The van der Waals surface area contributed by atoms with E-state index in [2.05, 4.69) is 6.07 Å². The summed E-state index contributed by atoms with van der Waals surface area (Å²) in [5.41, 5.74) is 0.656. The van der Waals surface area contributed by atoms with Crippen molar-refractivity contribution in [2.24, 2.45) is 5.92 Å². The Morgan fingerprint density at radius 1 is 1.58 bits per heavy atom. The van der Waals surface area contributed by atoms with Crippen LogP contribution in [0.25, 0.3) is 0 Å². The molecule has 0 saturated carbocycles. The van der Waals surface area contributed by atoms with Crippen LogP contribution in [-0.4, -0.2) is 12.4 Å². The van der Waals surface area contributed by atoms with Crippen molar-refractivity contribution >= 4 is 5.78 Å². The van der Waals surface area contributed by atoms with Crippen molar-refractivity contribution in [1.82, 2.24) is 0 Å². The molecule has 0 bridgehead atoms. The first-order chi connectivity index (χ1) is 5.83. The molecule has 0 aromatic heterocycles. The second-order valence-electron chi connectivity index (χ2n) is 3.12. The highest BCUT2D eigenvalue weighted by Gasteiger charge is 2.33. The van der Waals surface area contributed by atoms with Gasteiger partial charge in [-0.05, 0) is 12.8 Å². The fourth-order valence-electron chi connectivity index (χ4n) is 1.80. The standard InChI is InChI=1S/C9H9NO2/c10-4-6-2-1-3-8-9(6)7(11)5-12-8/h6H,1-3,5H2. The molecule has 1 heterocycles. The Morgan fingerprint density at radius 3 is 3.17 bits per heavy atom. The van der Waals surface area contributed by atoms with Gasteiger partial charge in [0.25, 0.3) is 0 Å². The molecule has 12 heavy (non-hydrogen) atoms. The second kappa shape index (κ2) is 2.63. The van der Waals surface area contributed by atoms with E-state index in [1.807, 2.05) is 0 Å². The SMILES string of the molecule is N#CC1CCCC2=C1C(=O)CO2. The van der Waals surface area contributed by atoms with E-state index in [1.54, 1.807) is 0 Å². The average Bonchev–Trinajstić information content (AvgIpc) is 2.48. The Balaban J connectivity index is 2.37. The van der Waals surface area contributed by atoms with Crippen LogP contribution in [0.15, 0.2) is 11.3 Å². The van der Waals surface area contributed by atoms with Gasteiger partial charge in [0, 0.05) is 6.42 Å². The Labute approximate surface area is 70.6 Å². The second-order valence-corrected chi connectivity index (χ2v) is 3.12. The molecular weight excluding hydrogens is 154 g/mol. The van der Waals surface area contributed by atoms with Crippen LogP contribution in [0.2, 0.25) is 0 Å². The molecule has 0 N–H and O–H groups in total. The van der Waals surface area contributed by atoms with Gasteiger partial charge in [-0.25, -0.2) is 0 Å². The van der Waals surface area contributed by atoms with Crippen LogP contribution in [0.3, 0.4) is 0 Å². The van der Waals surface area contributed by atoms with Crippen molar-refractivity contribution in [2.75, 3.05) is 6.61 Å². The number of carbonyl (C=O) groups excluding carboxylic acids is 1. The Bertz CT molecular complexity index is 298. The largest absolute Gasteiger partial charge is 0.489 e. The maximum absolute atomic E-state index is 11.2. The summed E-state index contributed by atoms with van der Waals surface area (Å²) in [7, 11) is 0. The minimum absolute atomic E-state index is 0.0104. The number of nitrogens with zero attached hydrogens (tertiary/aromatic N) is 1. The molecule has 0 radical (unpaired) electrons. The number of hydrogen-bond donors (Lipinski definition) is 0. The van der Waals surface area contributed by atoms with Crippen molar-refractivity contribution in [2.45, 2.75) is 19.3 Å². The summed E-state index contributed by atoms with van der Waals surface area (Å²) < 4.78 is 5.18. The van der Waals surface area contributed by atoms with Gasteiger partial charge in [-0.1, -0.05) is 0 Å². The molecule has 3 nitrogen and oxygen atoms in total. The van der Waals surface area contributed by atoms with Crippen molar-refractivity contribution < 1.29 is 9.53 Å². The zero-order valence-corrected chi connectivity index (χ0v) is 6.67. The summed E-state index contributed by atoms with van der Waals surface area (Å²) >= 11 is 0. The van der Waals surface area contributed by atoms with Crippen LogP contribution >= 0.6 is 0 Å². The van der Waals surface area contributed by atoms with Crippen molar-refractivity contribution in [3.63, 3.8) is 0 Å². The lowest BCUT2D eigenvalue weighted by atomic mass is 9.86. The number of Topliss-reactive ketones (excluding diaryl/α,β-unsaturated/α-hetero) is 1. The number of ether oxygens (including phenoxy) is 1. The van der Waals surface area contributed by atoms with Crippen LogP contribution in [-0.2, 0) is 9.53 Å². The molecule has 2 aliphatic rings.